The third kappa shape index (κ3) is 2.22. The number of hydrogen-bond acceptors (Lipinski definition) is 2. The molecule has 1 aliphatic carbocycles. The van der Waals surface area contributed by atoms with Gasteiger partial charge in [-0.2, -0.15) is 0 Å². The summed E-state index contributed by atoms with van der Waals surface area (Å²) in [6, 6.07) is 10.3. The van der Waals surface area contributed by atoms with Gasteiger partial charge >= 0.3 is 0 Å². The standard InChI is InChI=1S/C14H20N2/c1-11-2-4-12(5-3-11)15-13-8-9-16(10-13)14-6-7-14/h2-5,13-15H,6-10H2,1H3. The van der Waals surface area contributed by atoms with Crippen molar-refractivity contribution in [2.45, 2.75) is 38.3 Å². The molecule has 0 spiro atoms. The number of likely N-dealkylation sites (tertiary alicyclic amines) is 1. The van der Waals surface area contributed by atoms with Gasteiger partial charge in [0.1, 0.15) is 0 Å². The molecule has 1 saturated carbocycles. The van der Waals surface area contributed by atoms with E-state index in [1.807, 2.05) is 0 Å². The first kappa shape index (κ1) is 10.2. The van der Waals surface area contributed by atoms with Gasteiger partial charge < -0.3 is 5.32 Å². The number of benzene rings is 1. The Morgan fingerprint density at radius 3 is 2.56 bits per heavy atom. The molecule has 1 atom stereocenters. The lowest BCUT2D eigenvalue weighted by atomic mass is 10.2. The Hall–Kier alpha value is -1.02. The minimum absolute atomic E-state index is 0.656. The van der Waals surface area contributed by atoms with Crippen molar-refractivity contribution in [2.24, 2.45) is 0 Å². The lowest BCUT2D eigenvalue weighted by Crippen LogP contribution is -2.27. The van der Waals surface area contributed by atoms with Crippen molar-refractivity contribution >= 4 is 5.69 Å². The minimum atomic E-state index is 0.656. The van der Waals surface area contributed by atoms with Crippen molar-refractivity contribution < 1.29 is 0 Å². The average molecular weight is 216 g/mol. The van der Waals surface area contributed by atoms with E-state index in [2.05, 4.69) is 41.4 Å². The van der Waals surface area contributed by atoms with Crippen LogP contribution in [0.3, 0.4) is 0 Å². The third-order valence-corrected chi connectivity index (χ3v) is 3.71. The Bertz CT molecular complexity index is 354. The van der Waals surface area contributed by atoms with Gasteiger partial charge in [-0.05, 0) is 38.3 Å². The summed E-state index contributed by atoms with van der Waals surface area (Å²) >= 11 is 0. The molecule has 1 N–H and O–H groups in total. The van der Waals surface area contributed by atoms with Gasteiger partial charge in [0.25, 0.3) is 0 Å². The van der Waals surface area contributed by atoms with Crippen LogP contribution in [-0.4, -0.2) is 30.1 Å². The maximum Gasteiger partial charge on any atom is 0.0400 e. The summed E-state index contributed by atoms with van der Waals surface area (Å²) in [6.45, 7) is 4.65. The topological polar surface area (TPSA) is 15.3 Å². The molecule has 2 aliphatic rings. The van der Waals surface area contributed by atoms with Crippen LogP contribution < -0.4 is 5.32 Å². The molecular formula is C14H20N2. The summed E-state index contributed by atoms with van der Waals surface area (Å²) in [4.78, 5) is 2.64. The van der Waals surface area contributed by atoms with E-state index in [4.69, 9.17) is 0 Å². The van der Waals surface area contributed by atoms with Crippen molar-refractivity contribution in [3.05, 3.63) is 29.8 Å². The highest BCUT2D eigenvalue weighted by molar-refractivity contribution is 5.45. The lowest BCUT2D eigenvalue weighted by molar-refractivity contribution is 0.326. The zero-order valence-electron chi connectivity index (χ0n) is 9.95. The molecule has 0 amide bonds. The van der Waals surface area contributed by atoms with Gasteiger partial charge in [-0.25, -0.2) is 0 Å². The van der Waals surface area contributed by atoms with Crippen molar-refractivity contribution in [1.29, 1.82) is 0 Å². The number of aryl methyl sites for hydroxylation is 1. The van der Waals surface area contributed by atoms with Crippen molar-refractivity contribution in [3.63, 3.8) is 0 Å². The Morgan fingerprint density at radius 2 is 1.88 bits per heavy atom. The Balaban J connectivity index is 1.57. The van der Waals surface area contributed by atoms with Crippen molar-refractivity contribution in [3.8, 4) is 0 Å². The van der Waals surface area contributed by atoms with E-state index in [1.54, 1.807) is 0 Å². The second kappa shape index (κ2) is 4.10. The molecular weight excluding hydrogens is 196 g/mol. The van der Waals surface area contributed by atoms with E-state index < -0.39 is 0 Å². The van der Waals surface area contributed by atoms with Crippen LogP contribution in [0.2, 0.25) is 0 Å². The number of nitrogens with one attached hydrogen (secondary N) is 1. The summed E-state index contributed by atoms with van der Waals surface area (Å²) in [6.07, 6.45) is 4.15. The van der Waals surface area contributed by atoms with Crippen LogP contribution in [0.25, 0.3) is 0 Å². The molecule has 16 heavy (non-hydrogen) atoms. The Morgan fingerprint density at radius 1 is 1.12 bits per heavy atom. The number of rotatable bonds is 3. The summed E-state index contributed by atoms with van der Waals surface area (Å²) in [5.74, 6) is 0. The highest BCUT2D eigenvalue weighted by atomic mass is 15.2. The van der Waals surface area contributed by atoms with Crippen LogP contribution >= 0.6 is 0 Å². The Kier molecular flexibility index (Phi) is 2.60. The maximum atomic E-state index is 3.64. The van der Waals surface area contributed by atoms with E-state index >= 15 is 0 Å². The lowest BCUT2D eigenvalue weighted by Gasteiger charge is -2.16. The third-order valence-electron chi connectivity index (χ3n) is 3.71. The smallest absolute Gasteiger partial charge is 0.0400 e. The highest BCUT2D eigenvalue weighted by Crippen LogP contribution is 2.30. The molecule has 3 rings (SSSR count). The van der Waals surface area contributed by atoms with E-state index in [0.29, 0.717) is 6.04 Å². The van der Waals surface area contributed by atoms with E-state index in [0.717, 1.165) is 6.04 Å². The van der Waals surface area contributed by atoms with Gasteiger partial charge in [0, 0.05) is 30.9 Å². The molecule has 2 fully saturated rings. The van der Waals surface area contributed by atoms with Crippen LogP contribution in [0.15, 0.2) is 24.3 Å². The largest absolute Gasteiger partial charge is 0.381 e. The molecule has 86 valence electrons. The van der Waals surface area contributed by atoms with Gasteiger partial charge in [0.2, 0.25) is 0 Å². The molecule has 1 aromatic rings. The normalized spacial score (nSPS) is 25.9. The number of hydrogen-bond donors (Lipinski definition) is 1. The molecule has 2 nitrogen and oxygen atoms in total. The van der Waals surface area contributed by atoms with E-state index in [9.17, 15) is 0 Å². The predicted molar refractivity (Wildman–Crippen MR) is 67.8 cm³/mol. The van der Waals surface area contributed by atoms with E-state index in [-0.39, 0.29) is 0 Å². The summed E-state index contributed by atoms with van der Waals surface area (Å²) in [5, 5.41) is 3.64. The van der Waals surface area contributed by atoms with Crippen molar-refractivity contribution in [2.75, 3.05) is 18.4 Å². The van der Waals surface area contributed by atoms with Crippen LogP contribution in [0.5, 0.6) is 0 Å². The molecule has 1 unspecified atom stereocenters. The van der Waals surface area contributed by atoms with Crippen LogP contribution in [-0.2, 0) is 0 Å². The second-order valence-corrected chi connectivity index (χ2v) is 5.22. The predicted octanol–water partition coefficient (Wildman–Crippen LogP) is 2.64. The fourth-order valence-electron chi connectivity index (χ4n) is 2.56. The zero-order valence-corrected chi connectivity index (χ0v) is 9.95. The first-order chi connectivity index (χ1) is 7.81. The average Bonchev–Trinajstić information content (AvgIpc) is 3.04. The van der Waals surface area contributed by atoms with Gasteiger partial charge in [-0.15, -0.1) is 0 Å². The maximum absolute atomic E-state index is 3.64. The molecule has 1 heterocycles. The van der Waals surface area contributed by atoms with Gasteiger partial charge in [-0.3, -0.25) is 4.90 Å². The molecule has 1 saturated heterocycles. The summed E-state index contributed by atoms with van der Waals surface area (Å²) < 4.78 is 0. The van der Waals surface area contributed by atoms with Crippen LogP contribution in [0, 0.1) is 6.92 Å². The minimum Gasteiger partial charge on any atom is -0.381 e. The van der Waals surface area contributed by atoms with Crippen LogP contribution in [0.1, 0.15) is 24.8 Å². The monoisotopic (exact) mass is 216 g/mol. The zero-order chi connectivity index (χ0) is 11.0. The first-order valence-corrected chi connectivity index (χ1v) is 6.38. The quantitative estimate of drug-likeness (QED) is 0.835. The van der Waals surface area contributed by atoms with Gasteiger partial charge in [0.15, 0.2) is 0 Å². The number of nitrogens with zero attached hydrogens (tertiary/aromatic N) is 1. The molecule has 0 aromatic heterocycles. The van der Waals surface area contributed by atoms with Gasteiger partial charge in [-0.1, -0.05) is 17.7 Å². The molecule has 0 bridgehead atoms. The SMILES string of the molecule is Cc1ccc(NC2CCN(C3CC3)C2)cc1. The molecule has 2 heteroatoms. The Labute approximate surface area is 97.6 Å². The van der Waals surface area contributed by atoms with E-state index in [1.165, 1.54) is 43.6 Å². The first-order valence-electron chi connectivity index (χ1n) is 6.38. The second-order valence-electron chi connectivity index (χ2n) is 5.22. The summed E-state index contributed by atoms with van der Waals surface area (Å²) in [5.41, 5.74) is 2.60. The fourth-order valence-corrected chi connectivity index (χ4v) is 2.56. The molecule has 1 aromatic carbocycles. The highest BCUT2D eigenvalue weighted by Gasteiger charge is 2.34. The van der Waals surface area contributed by atoms with Gasteiger partial charge in [0.05, 0.1) is 0 Å². The summed E-state index contributed by atoms with van der Waals surface area (Å²) in [7, 11) is 0. The fraction of sp³-hybridized carbons (Fsp3) is 0.571. The van der Waals surface area contributed by atoms with Crippen molar-refractivity contribution in [1.82, 2.24) is 4.90 Å². The molecule has 1 aliphatic heterocycles. The number of anilines is 1. The molecule has 0 radical (unpaired) electrons. The van der Waals surface area contributed by atoms with Crippen LogP contribution in [0.4, 0.5) is 5.69 Å².